The van der Waals surface area contributed by atoms with E-state index in [2.05, 4.69) is 0 Å². The van der Waals surface area contributed by atoms with Crippen LogP contribution in [0.25, 0.3) is 0 Å². The fourth-order valence-corrected chi connectivity index (χ4v) is 1.26. The topological polar surface area (TPSA) is 55.5 Å². The Labute approximate surface area is 92.8 Å². The van der Waals surface area contributed by atoms with E-state index in [-0.39, 0.29) is 25.5 Å². The van der Waals surface area contributed by atoms with Gasteiger partial charge in [0.25, 0.3) is 0 Å². The monoisotopic (exact) mass is 231 g/mol. The van der Waals surface area contributed by atoms with Gasteiger partial charge in [0.05, 0.1) is 6.61 Å². The van der Waals surface area contributed by atoms with E-state index in [1.807, 2.05) is 0 Å². The number of unbranched alkanes of at least 4 members (excludes halogenated alkanes) is 1. The predicted molar refractivity (Wildman–Crippen MR) is 56.1 cm³/mol. The Morgan fingerprint density at radius 2 is 1.81 bits per heavy atom. The maximum Gasteiger partial charge on any atom is 0.190 e. The predicted octanol–water partition coefficient (Wildman–Crippen LogP) is 1.57. The number of benzene rings is 1. The van der Waals surface area contributed by atoms with Crippen molar-refractivity contribution in [2.45, 2.75) is 19.4 Å². The van der Waals surface area contributed by atoms with E-state index in [1.54, 1.807) is 0 Å². The van der Waals surface area contributed by atoms with E-state index >= 15 is 0 Å². The molecular formula is C11H15F2NO2. The lowest BCUT2D eigenvalue weighted by Crippen LogP contribution is -2.05. The summed E-state index contributed by atoms with van der Waals surface area (Å²) >= 11 is 0. The number of aliphatic hydroxyl groups is 1. The normalized spacial score (nSPS) is 10.5. The smallest absolute Gasteiger partial charge is 0.190 e. The van der Waals surface area contributed by atoms with Crippen LogP contribution in [0.5, 0.6) is 5.75 Å². The molecule has 0 aliphatic carbocycles. The molecule has 1 aromatic carbocycles. The molecule has 0 saturated carbocycles. The number of hydrogen-bond donors (Lipinski definition) is 2. The van der Waals surface area contributed by atoms with Crippen LogP contribution < -0.4 is 10.5 Å². The molecule has 0 radical (unpaired) electrons. The van der Waals surface area contributed by atoms with E-state index in [9.17, 15) is 8.78 Å². The van der Waals surface area contributed by atoms with Crippen LogP contribution in [0.15, 0.2) is 12.1 Å². The van der Waals surface area contributed by atoms with E-state index < -0.39 is 11.6 Å². The summed E-state index contributed by atoms with van der Waals surface area (Å²) in [6, 6.07) is 2.31. The fourth-order valence-electron chi connectivity index (χ4n) is 1.26. The van der Waals surface area contributed by atoms with Crippen molar-refractivity contribution in [3.63, 3.8) is 0 Å². The van der Waals surface area contributed by atoms with Crippen molar-refractivity contribution in [2.24, 2.45) is 5.73 Å². The zero-order valence-corrected chi connectivity index (χ0v) is 8.88. The highest BCUT2D eigenvalue weighted by molar-refractivity contribution is 5.31. The summed E-state index contributed by atoms with van der Waals surface area (Å²) in [6.45, 7) is 0.301. The van der Waals surface area contributed by atoms with Gasteiger partial charge in [-0.25, -0.2) is 8.78 Å². The van der Waals surface area contributed by atoms with Crippen LogP contribution >= 0.6 is 0 Å². The Kier molecular flexibility index (Phi) is 5.14. The summed E-state index contributed by atoms with van der Waals surface area (Å²) in [5, 5.41) is 8.52. The quantitative estimate of drug-likeness (QED) is 0.731. The third-order valence-corrected chi connectivity index (χ3v) is 2.09. The van der Waals surface area contributed by atoms with Crippen LogP contribution in [-0.2, 0) is 6.54 Å². The molecule has 1 aromatic rings. The molecule has 0 aliphatic heterocycles. The summed E-state index contributed by atoms with van der Waals surface area (Å²) in [4.78, 5) is 0. The highest BCUT2D eigenvalue weighted by Gasteiger charge is 2.11. The van der Waals surface area contributed by atoms with Gasteiger partial charge in [0.2, 0.25) is 0 Å². The van der Waals surface area contributed by atoms with E-state index in [1.165, 1.54) is 0 Å². The van der Waals surface area contributed by atoms with Crippen molar-refractivity contribution in [1.29, 1.82) is 0 Å². The van der Waals surface area contributed by atoms with E-state index in [4.69, 9.17) is 15.6 Å². The molecule has 3 N–H and O–H groups in total. The maximum atomic E-state index is 13.3. The van der Waals surface area contributed by atoms with Crippen molar-refractivity contribution >= 4 is 0 Å². The Balaban J connectivity index is 2.65. The maximum absolute atomic E-state index is 13.3. The van der Waals surface area contributed by atoms with Gasteiger partial charge in [0.1, 0.15) is 0 Å². The van der Waals surface area contributed by atoms with Crippen molar-refractivity contribution < 1.29 is 18.6 Å². The first-order valence-electron chi connectivity index (χ1n) is 5.10. The first-order valence-corrected chi connectivity index (χ1v) is 5.10. The summed E-state index contributed by atoms with van der Waals surface area (Å²) in [6.07, 6.45) is 1.10. The number of halogens is 2. The second-order valence-corrected chi connectivity index (χ2v) is 3.37. The van der Waals surface area contributed by atoms with Gasteiger partial charge in [-0.3, -0.25) is 0 Å². The van der Waals surface area contributed by atoms with Crippen molar-refractivity contribution in [2.75, 3.05) is 13.2 Å². The molecule has 0 spiro atoms. The largest absolute Gasteiger partial charge is 0.488 e. The Bertz CT molecular complexity index is 322. The summed E-state index contributed by atoms with van der Waals surface area (Å²) in [5.74, 6) is -1.87. The van der Waals surface area contributed by atoms with Crippen LogP contribution in [0, 0.1) is 11.6 Å². The molecule has 0 aromatic heterocycles. The Hall–Kier alpha value is -1.20. The molecule has 0 bridgehead atoms. The van der Waals surface area contributed by atoms with Crippen molar-refractivity contribution in [3.8, 4) is 5.75 Å². The molecule has 16 heavy (non-hydrogen) atoms. The number of aliphatic hydroxyl groups excluding tert-OH is 1. The van der Waals surface area contributed by atoms with Crippen LogP contribution in [-0.4, -0.2) is 18.3 Å². The van der Waals surface area contributed by atoms with Crippen LogP contribution in [0.3, 0.4) is 0 Å². The molecule has 5 heteroatoms. The third kappa shape index (κ3) is 3.43. The zero-order chi connectivity index (χ0) is 12.0. The fraction of sp³-hybridized carbons (Fsp3) is 0.455. The van der Waals surface area contributed by atoms with Crippen LogP contribution in [0.2, 0.25) is 0 Å². The molecule has 3 nitrogen and oxygen atoms in total. The van der Waals surface area contributed by atoms with Crippen LogP contribution in [0.4, 0.5) is 8.78 Å². The summed E-state index contributed by atoms with van der Waals surface area (Å²) < 4.78 is 31.6. The average molecular weight is 231 g/mol. The van der Waals surface area contributed by atoms with Gasteiger partial charge in [0, 0.05) is 13.2 Å². The number of rotatable bonds is 6. The van der Waals surface area contributed by atoms with Gasteiger partial charge in [-0.15, -0.1) is 0 Å². The zero-order valence-electron chi connectivity index (χ0n) is 8.88. The minimum absolute atomic E-state index is 0.0421. The third-order valence-electron chi connectivity index (χ3n) is 2.09. The molecule has 0 fully saturated rings. The van der Waals surface area contributed by atoms with Gasteiger partial charge in [-0.1, -0.05) is 0 Å². The molecule has 1 rings (SSSR count). The average Bonchev–Trinajstić information content (AvgIpc) is 2.26. The van der Waals surface area contributed by atoms with Crippen LogP contribution in [0.1, 0.15) is 18.4 Å². The first kappa shape index (κ1) is 12.9. The molecule has 0 unspecified atom stereocenters. The van der Waals surface area contributed by atoms with E-state index in [0.717, 1.165) is 12.1 Å². The second-order valence-electron chi connectivity index (χ2n) is 3.37. The molecule has 0 heterocycles. The summed E-state index contributed by atoms with van der Waals surface area (Å²) in [7, 11) is 0. The molecule has 0 amide bonds. The SMILES string of the molecule is NCc1cc(F)c(OCCCCO)c(F)c1. The highest BCUT2D eigenvalue weighted by atomic mass is 19.1. The molecule has 0 atom stereocenters. The minimum Gasteiger partial charge on any atom is -0.488 e. The minimum atomic E-state index is -0.746. The molecular weight excluding hydrogens is 216 g/mol. The standard InChI is InChI=1S/C11H15F2NO2/c12-9-5-8(7-14)6-10(13)11(9)16-4-2-1-3-15/h5-6,15H,1-4,7,14H2. The van der Waals surface area contributed by atoms with Gasteiger partial charge in [-0.2, -0.15) is 0 Å². The summed E-state index contributed by atoms with van der Waals surface area (Å²) in [5.41, 5.74) is 5.66. The Morgan fingerprint density at radius 1 is 1.19 bits per heavy atom. The molecule has 90 valence electrons. The van der Waals surface area contributed by atoms with Gasteiger partial charge in [-0.05, 0) is 30.5 Å². The lowest BCUT2D eigenvalue weighted by Gasteiger charge is -2.09. The molecule has 0 saturated heterocycles. The Morgan fingerprint density at radius 3 is 2.31 bits per heavy atom. The van der Waals surface area contributed by atoms with Crippen molar-refractivity contribution in [3.05, 3.63) is 29.3 Å². The van der Waals surface area contributed by atoms with Gasteiger partial charge in [0.15, 0.2) is 17.4 Å². The second kappa shape index (κ2) is 6.40. The number of ether oxygens (including phenoxy) is 1. The van der Waals surface area contributed by atoms with Crippen molar-refractivity contribution in [1.82, 2.24) is 0 Å². The van der Waals surface area contributed by atoms with Gasteiger partial charge >= 0.3 is 0 Å². The number of nitrogens with two attached hydrogens (primary N) is 1. The lowest BCUT2D eigenvalue weighted by atomic mass is 10.2. The lowest BCUT2D eigenvalue weighted by molar-refractivity contribution is 0.242. The number of hydrogen-bond acceptors (Lipinski definition) is 3. The highest BCUT2D eigenvalue weighted by Crippen LogP contribution is 2.23. The van der Waals surface area contributed by atoms with Gasteiger partial charge < -0.3 is 15.6 Å². The molecule has 0 aliphatic rings. The first-order chi connectivity index (χ1) is 7.69. The van der Waals surface area contributed by atoms with E-state index in [0.29, 0.717) is 18.4 Å².